The third-order valence-corrected chi connectivity index (χ3v) is 7.98. The van der Waals surface area contributed by atoms with E-state index in [4.69, 9.17) is 30.5 Å². The van der Waals surface area contributed by atoms with Crippen molar-refractivity contribution in [3.8, 4) is 17.2 Å². The number of nitrogens with zero attached hydrogens (tertiary/aromatic N) is 1. The number of rotatable bonds is 5. The number of ether oxygens (including phenoxy) is 4. The highest BCUT2D eigenvalue weighted by Crippen LogP contribution is 2.55. The van der Waals surface area contributed by atoms with Crippen LogP contribution in [-0.2, 0) is 14.3 Å². The Morgan fingerprint density at radius 1 is 1.16 bits per heavy atom. The van der Waals surface area contributed by atoms with Crippen molar-refractivity contribution < 1.29 is 33.3 Å². The maximum absolute atomic E-state index is 14.5. The number of ketones is 2. The van der Waals surface area contributed by atoms with Crippen molar-refractivity contribution in [2.45, 2.75) is 44.2 Å². The molecule has 1 spiro atoms. The number of hydrogen-bond acceptors (Lipinski definition) is 8. The first-order valence-corrected chi connectivity index (χ1v) is 12.7. The molecular weight excluding hydrogens is 498 g/mol. The monoisotopic (exact) mass is 525 g/mol. The molecule has 5 atom stereocenters. The first-order valence-electron chi connectivity index (χ1n) is 12.3. The van der Waals surface area contributed by atoms with Gasteiger partial charge in [-0.25, -0.2) is 4.79 Å². The Morgan fingerprint density at radius 3 is 2.51 bits per heavy atom. The van der Waals surface area contributed by atoms with Crippen molar-refractivity contribution in [2.75, 3.05) is 20.8 Å². The zero-order valence-corrected chi connectivity index (χ0v) is 21.8. The molecule has 0 amide bonds. The van der Waals surface area contributed by atoms with Gasteiger partial charge < -0.3 is 18.9 Å². The highest BCUT2D eigenvalue weighted by Gasteiger charge is 2.65. The fourth-order valence-corrected chi connectivity index (χ4v) is 6.16. The lowest BCUT2D eigenvalue weighted by atomic mass is 9.61. The predicted octanol–water partition coefficient (Wildman–Crippen LogP) is 4.46. The molecule has 0 radical (unpaired) electrons. The van der Waals surface area contributed by atoms with Gasteiger partial charge in [0, 0.05) is 23.6 Å². The molecular formula is C28H28ClNO7. The number of benzene rings is 2. The summed E-state index contributed by atoms with van der Waals surface area (Å²) in [4.78, 5) is 45.9. The van der Waals surface area contributed by atoms with Crippen molar-refractivity contribution in [3.63, 3.8) is 0 Å². The van der Waals surface area contributed by atoms with Crippen molar-refractivity contribution in [1.82, 2.24) is 0 Å². The van der Waals surface area contributed by atoms with E-state index in [1.165, 1.54) is 20.3 Å². The molecule has 2 aromatic rings. The maximum Gasteiger partial charge on any atom is 0.330 e. The van der Waals surface area contributed by atoms with Crippen LogP contribution in [0.4, 0.5) is 0 Å². The zero-order valence-electron chi connectivity index (χ0n) is 21.1. The number of carbonyl (C=O) groups is 3. The minimum Gasteiger partial charge on any atom is -0.496 e. The van der Waals surface area contributed by atoms with Crippen LogP contribution in [0.3, 0.4) is 0 Å². The number of hydrogen-bond donors (Lipinski definition) is 0. The third-order valence-electron chi connectivity index (χ3n) is 7.62. The second-order valence-corrected chi connectivity index (χ2v) is 9.93. The van der Waals surface area contributed by atoms with E-state index in [9.17, 15) is 14.4 Å². The van der Waals surface area contributed by atoms with Crippen molar-refractivity contribution >= 4 is 34.8 Å². The summed E-state index contributed by atoms with van der Waals surface area (Å²) >= 11 is 6.55. The summed E-state index contributed by atoms with van der Waals surface area (Å²) in [7, 11) is 2.88. The molecule has 9 heteroatoms. The van der Waals surface area contributed by atoms with Crippen LogP contribution >= 0.6 is 11.6 Å². The van der Waals surface area contributed by atoms with Crippen LogP contribution in [0.5, 0.6) is 17.2 Å². The lowest BCUT2D eigenvalue weighted by Gasteiger charge is -2.45. The number of carbonyl (C=O) groups excluding carboxylic acids is 3. The van der Waals surface area contributed by atoms with Gasteiger partial charge in [0.25, 0.3) is 0 Å². The van der Waals surface area contributed by atoms with Crippen LogP contribution in [0, 0.1) is 11.8 Å². The summed E-state index contributed by atoms with van der Waals surface area (Å²) in [5, 5.41) is 0.105. The Balaban J connectivity index is 1.63. The summed E-state index contributed by atoms with van der Waals surface area (Å²) < 4.78 is 22.4. The summed E-state index contributed by atoms with van der Waals surface area (Å²) in [6.45, 7) is 3.77. The molecule has 0 bridgehead atoms. The van der Waals surface area contributed by atoms with E-state index in [1.54, 1.807) is 13.8 Å². The van der Waals surface area contributed by atoms with Gasteiger partial charge in [-0.3, -0.25) is 14.6 Å². The SMILES string of the molecule is CCOC(=O)[C@@H]1C[C@H](c2ccccc2)C2C(=O)[C@@]3(Oc4c(Cl)c(OC)cc(OC)c4C3=O)[C@H](C)CC2=N1. The minimum absolute atomic E-state index is 0.0833. The minimum atomic E-state index is -1.79. The largest absolute Gasteiger partial charge is 0.496 e. The van der Waals surface area contributed by atoms with Crippen LogP contribution in [0.2, 0.25) is 5.02 Å². The van der Waals surface area contributed by atoms with Crippen LogP contribution in [0.25, 0.3) is 0 Å². The Bertz CT molecular complexity index is 1310. The van der Waals surface area contributed by atoms with E-state index in [0.29, 0.717) is 12.1 Å². The highest BCUT2D eigenvalue weighted by atomic mass is 35.5. The topological polar surface area (TPSA) is 100 Å². The molecule has 5 rings (SSSR count). The van der Waals surface area contributed by atoms with Gasteiger partial charge in [-0.05, 0) is 25.3 Å². The maximum atomic E-state index is 14.5. The first kappa shape index (κ1) is 25.3. The molecule has 2 aliphatic heterocycles. The van der Waals surface area contributed by atoms with Gasteiger partial charge in [-0.15, -0.1) is 0 Å². The first-order chi connectivity index (χ1) is 17.8. The lowest BCUT2D eigenvalue weighted by molar-refractivity contribution is -0.146. The summed E-state index contributed by atoms with van der Waals surface area (Å²) in [5.74, 6) is -2.40. The average molecular weight is 526 g/mol. The van der Waals surface area contributed by atoms with Gasteiger partial charge >= 0.3 is 5.97 Å². The van der Waals surface area contributed by atoms with Crippen molar-refractivity contribution in [2.24, 2.45) is 16.8 Å². The second kappa shape index (κ2) is 9.49. The molecule has 2 heterocycles. The molecule has 0 saturated heterocycles. The highest BCUT2D eigenvalue weighted by molar-refractivity contribution is 6.36. The molecule has 3 aliphatic rings. The summed E-state index contributed by atoms with van der Waals surface area (Å²) in [5.41, 5.74) is -0.193. The number of methoxy groups -OCH3 is 2. The Morgan fingerprint density at radius 2 is 1.86 bits per heavy atom. The number of fused-ring (bicyclic) bond motifs is 2. The normalized spacial score (nSPS) is 28.2. The summed E-state index contributed by atoms with van der Waals surface area (Å²) in [6, 6.07) is 10.3. The van der Waals surface area contributed by atoms with Crippen LogP contribution < -0.4 is 14.2 Å². The Kier molecular flexibility index (Phi) is 6.48. The van der Waals surface area contributed by atoms with E-state index in [1.807, 2.05) is 30.3 Å². The van der Waals surface area contributed by atoms with Gasteiger partial charge in [0.05, 0.1) is 26.7 Å². The van der Waals surface area contributed by atoms with Crippen LogP contribution in [0.15, 0.2) is 41.4 Å². The van der Waals surface area contributed by atoms with E-state index in [0.717, 1.165) is 5.56 Å². The average Bonchev–Trinajstić information content (AvgIpc) is 3.22. The van der Waals surface area contributed by atoms with Crippen LogP contribution in [0.1, 0.15) is 48.5 Å². The summed E-state index contributed by atoms with van der Waals surface area (Å²) in [6.07, 6.45) is 0.582. The standard InChI is InChI=1S/C28H28ClNO7/c1-5-36-27(33)18-12-16(15-9-7-6-8-10-15)21-17(30-18)11-14(2)28(25(21)31)26(32)22-19(34-3)13-20(35-4)23(29)24(22)37-28/h6-10,13-14,16,18,21H,5,11-12H2,1-4H3/t14-,16-,18+,21?,28+/m1/s1. The lowest BCUT2D eigenvalue weighted by Crippen LogP contribution is -2.62. The molecule has 1 aliphatic carbocycles. The fraction of sp³-hybridized carbons (Fsp3) is 0.429. The molecule has 1 unspecified atom stereocenters. The van der Waals surface area contributed by atoms with Gasteiger partial charge in [0.2, 0.25) is 11.4 Å². The van der Waals surface area contributed by atoms with Gasteiger partial charge in [-0.1, -0.05) is 48.9 Å². The van der Waals surface area contributed by atoms with Gasteiger partial charge in [0.15, 0.2) is 11.5 Å². The van der Waals surface area contributed by atoms with Crippen molar-refractivity contribution in [3.05, 3.63) is 52.5 Å². The van der Waals surface area contributed by atoms with Gasteiger partial charge in [0.1, 0.15) is 28.1 Å². The van der Waals surface area contributed by atoms with Crippen molar-refractivity contribution in [1.29, 1.82) is 0 Å². The predicted molar refractivity (Wildman–Crippen MR) is 136 cm³/mol. The quantitative estimate of drug-likeness (QED) is 0.419. The molecule has 1 fully saturated rings. The number of aliphatic imine (C=N–C) groups is 1. The van der Waals surface area contributed by atoms with E-state index in [-0.39, 0.29) is 52.6 Å². The fourth-order valence-electron chi connectivity index (χ4n) is 5.89. The molecule has 8 nitrogen and oxygen atoms in total. The molecule has 1 saturated carbocycles. The number of esters is 1. The molecule has 37 heavy (non-hydrogen) atoms. The zero-order chi connectivity index (χ0) is 26.5. The van der Waals surface area contributed by atoms with Crippen LogP contribution in [-0.4, -0.2) is 55.7 Å². The smallest absolute Gasteiger partial charge is 0.330 e. The second-order valence-electron chi connectivity index (χ2n) is 9.55. The Labute approximate surface area is 219 Å². The third kappa shape index (κ3) is 3.72. The molecule has 0 aromatic heterocycles. The number of halogens is 1. The Hall–Kier alpha value is -3.39. The molecule has 0 N–H and O–H groups in total. The molecule has 2 aromatic carbocycles. The molecule has 194 valence electrons. The number of Topliss-reactive ketones (excluding diaryl/α,β-unsaturated/α-hetero) is 2. The van der Waals surface area contributed by atoms with E-state index < -0.39 is 35.2 Å². The van der Waals surface area contributed by atoms with E-state index in [2.05, 4.69) is 4.99 Å². The van der Waals surface area contributed by atoms with Gasteiger partial charge in [-0.2, -0.15) is 0 Å². The van der Waals surface area contributed by atoms with E-state index >= 15 is 0 Å².